The van der Waals surface area contributed by atoms with Gasteiger partial charge in [0.15, 0.2) is 0 Å². The molecule has 0 atom stereocenters. The number of hydrogen-bond acceptors (Lipinski definition) is 2. The summed E-state index contributed by atoms with van der Waals surface area (Å²) in [5.74, 6) is 0.233. The first-order chi connectivity index (χ1) is 5.79. The first-order valence-corrected chi connectivity index (χ1v) is 4.13. The zero-order valence-electron chi connectivity index (χ0n) is 6.67. The van der Waals surface area contributed by atoms with Crippen LogP contribution < -0.4 is 0 Å². The van der Waals surface area contributed by atoms with Gasteiger partial charge in [-0.25, -0.2) is 0 Å². The summed E-state index contributed by atoms with van der Waals surface area (Å²) >= 11 is 4.21. The second kappa shape index (κ2) is 4.03. The van der Waals surface area contributed by atoms with Crippen molar-refractivity contribution in [2.75, 3.05) is 0 Å². The van der Waals surface area contributed by atoms with Crippen LogP contribution in [0.25, 0.3) is 10.8 Å². The number of phenols is 1. The first kappa shape index (κ1) is 10.4. The van der Waals surface area contributed by atoms with Gasteiger partial charge in [0.2, 0.25) is 0 Å². The topological polar surface area (TPSA) is 20.2 Å². The Hall–Kier alpha value is -0.656. The molecule has 0 saturated carbocycles. The van der Waals surface area contributed by atoms with Crippen molar-refractivity contribution in [2.24, 2.45) is 0 Å². The van der Waals surface area contributed by atoms with E-state index in [0.29, 0.717) is 4.90 Å². The Bertz CT molecular complexity index is 428. The van der Waals surface area contributed by atoms with Crippen molar-refractivity contribution in [1.82, 2.24) is 0 Å². The Morgan fingerprint density at radius 2 is 1.69 bits per heavy atom. The Balaban J connectivity index is 0.000000845. The fraction of sp³-hybridized carbons (Fsp3) is 0. The molecule has 0 aliphatic carbocycles. The predicted molar refractivity (Wildman–Crippen MR) is 52.9 cm³/mol. The fourth-order valence-electron chi connectivity index (χ4n) is 1.24. The van der Waals surface area contributed by atoms with Gasteiger partial charge in [0, 0.05) is 0 Å². The number of hydrogen-bond donors (Lipinski definition) is 2. The summed E-state index contributed by atoms with van der Waals surface area (Å²) in [4.78, 5) is 0.646. The molecule has 0 bridgehead atoms. The molecule has 0 aromatic heterocycles. The van der Waals surface area contributed by atoms with E-state index in [1.807, 2.05) is 30.3 Å². The second-order valence-electron chi connectivity index (χ2n) is 2.65. The van der Waals surface area contributed by atoms with Crippen molar-refractivity contribution in [3.63, 3.8) is 0 Å². The van der Waals surface area contributed by atoms with Crippen molar-refractivity contribution in [3.05, 3.63) is 36.4 Å². The molecule has 0 spiro atoms. The molecule has 2 aromatic rings. The van der Waals surface area contributed by atoms with Gasteiger partial charge in [-0.1, -0.05) is 30.3 Å². The van der Waals surface area contributed by atoms with Crippen LogP contribution in [0.5, 0.6) is 5.75 Å². The SMILES string of the molecule is Oc1ccc2ccccc2c1S.[Ni+2]. The number of fused-ring (bicyclic) bond motifs is 1. The maximum absolute atomic E-state index is 9.34. The molecular weight excluding hydrogens is 227 g/mol. The van der Waals surface area contributed by atoms with E-state index >= 15 is 0 Å². The van der Waals surface area contributed by atoms with Gasteiger partial charge < -0.3 is 5.11 Å². The molecule has 1 N–H and O–H groups in total. The van der Waals surface area contributed by atoms with Crippen LogP contribution in [0.4, 0.5) is 0 Å². The molecule has 0 radical (unpaired) electrons. The third-order valence-corrected chi connectivity index (χ3v) is 2.35. The second-order valence-corrected chi connectivity index (χ2v) is 3.10. The monoisotopic (exact) mass is 234 g/mol. The van der Waals surface area contributed by atoms with E-state index in [4.69, 9.17) is 0 Å². The zero-order chi connectivity index (χ0) is 8.55. The van der Waals surface area contributed by atoms with Gasteiger partial charge >= 0.3 is 16.5 Å². The van der Waals surface area contributed by atoms with E-state index in [-0.39, 0.29) is 22.2 Å². The van der Waals surface area contributed by atoms with E-state index in [1.54, 1.807) is 6.07 Å². The van der Waals surface area contributed by atoms with Crippen molar-refractivity contribution in [2.45, 2.75) is 4.90 Å². The summed E-state index contributed by atoms with van der Waals surface area (Å²) in [6, 6.07) is 11.4. The van der Waals surface area contributed by atoms with Crippen LogP contribution >= 0.6 is 12.6 Å². The Kier molecular flexibility index (Phi) is 3.24. The summed E-state index contributed by atoms with van der Waals surface area (Å²) < 4.78 is 0. The van der Waals surface area contributed by atoms with Gasteiger partial charge in [0.25, 0.3) is 0 Å². The normalized spacial score (nSPS) is 9.62. The van der Waals surface area contributed by atoms with Gasteiger partial charge in [0.05, 0.1) is 4.90 Å². The minimum atomic E-state index is 0. The molecule has 13 heavy (non-hydrogen) atoms. The van der Waals surface area contributed by atoms with Crippen molar-refractivity contribution >= 4 is 23.4 Å². The van der Waals surface area contributed by atoms with Crippen molar-refractivity contribution in [3.8, 4) is 5.75 Å². The van der Waals surface area contributed by atoms with Gasteiger partial charge in [0.1, 0.15) is 5.75 Å². The summed E-state index contributed by atoms with van der Waals surface area (Å²) in [6.45, 7) is 0. The molecule has 0 unspecified atom stereocenters. The predicted octanol–water partition coefficient (Wildman–Crippen LogP) is 2.83. The van der Waals surface area contributed by atoms with Crippen LogP contribution in [0.15, 0.2) is 41.3 Å². The van der Waals surface area contributed by atoms with Crippen molar-refractivity contribution in [1.29, 1.82) is 0 Å². The molecule has 68 valence electrons. The quantitative estimate of drug-likeness (QED) is 0.531. The van der Waals surface area contributed by atoms with E-state index in [1.165, 1.54) is 0 Å². The molecule has 0 saturated heterocycles. The number of rotatable bonds is 0. The minimum Gasteiger partial charge on any atom is -0.507 e. The summed E-state index contributed by atoms with van der Waals surface area (Å²) in [7, 11) is 0. The van der Waals surface area contributed by atoms with Gasteiger partial charge in [-0.15, -0.1) is 12.6 Å². The minimum absolute atomic E-state index is 0. The zero-order valence-corrected chi connectivity index (χ0v) is 8.56. The standard InChI is InChI=1S/C10H8OS.Ni/c11-9-6-5-7-3-1-2-4-8(7)10(9)12;/h1-6,11-12H;/q;+2. The van der Waals surface area contributed by atoms with Crippen LogP contribution in [0, 0.1) is 0 Å². The summed E-state index contributed by atoms with van der Waals surface area (Å²) in [6.07, 6.45) is 0. The molecule has 2 rings (SSSR count). The average Bonchev–Trinajstić information content (AvgIpc) is 2.12. The third kappa shape index (κ3) is 1.82. The molecule has 3 heteroatoms. The molecule has 0 amide bonds. The third-order valence-electron chi connectivity index (χ3n) is 1.88. The number of phenolic OH excluding ortho intramolecular Hbond substituents is 1. The summed E-state index contributed by atoms with van der Waals surface area (Å²) in [5.41, 5.74) is 0. The van der Waals surface area contributed by atoms with Crippen LogP contribution in [0.3, 0.4) is 0 Å². The molecular formula is C10H8NiOS+2. The largest absolute Gasteiger partial charge is 2.00 e. The number of aromatic hydroxyl groups is 1. The maximum atomic E-state index is 9.34. The fourth-order valence-corrected chi connectivity index (χ4v) is 1.52. The molecule has 0 heterocycles. The Labute approximate surface area is 92.1 Å². The summed E-state index contributed by atoms with van der Waals surface area (Å²) in [5, 5.41) is 11.4. The number of thiol groups is 1. The molecule has 1 nitrogen and oxygen atoms in total. The average molecular weight is 235 g/mol. The molecule has 0 fully saturated rings. The van der Waals surface area contributed by atoms with E-state index < -0.39 is 0 Å². The molecule has 0 aliphatic rings. The molecule has 2 aromatic carbocycles. The van der Waals surface area contributed by atoms with Gasteiger partial charge in [-0.05, 0) is 16.8 Å². The van der Waals surface area contributed by atoms with E-state index in [9.17, 15) is 5.11 Å². The van der Waals surface area contributed by atoms with Gasteiger partial charge in [-0.2, -0.15) is 0 Å². The van der Waals surface area contributed by atoms with Crippen LogP contribution in [-0.4, -0.2) is 5.11 Å². The van der Waals surface area contributed by atoms with Crippen LogP contribution in [0.1, 0.15) is 0 Å². The Morgan fingerprint density at radius 3 is 2.46 bits per heavy atom. The van der Waals surface area contributed by atoms with Crippen LogP contribution in [0.2, 0.25) is 0 Å². The maximum Gasteiger partial charge on any atom is 2.00 e. The van der Waals surface area contributed by atoms with E-state index in [0.717, 1.165) is 10.8 Å². The van der Waals surface area contributed by atoms with E-state index in [2.05, 4.69) is 12.6 Å². The van der Waals surface area contributed by atoms with Crippen molar-refractivity contribution < 1.29 is 21.6 Å². The smallest absolute Gasteiger partial charge is 0.507 e. The molecule has 0 aliphatic heterocycles. The van der Waals surface area contributed by atoms with Crippen LogP contribution in [-0.2, 0) is 16.5 Å². The first-order valence-electron chi connectivity index (χ1n) is 3.69. The Morgan fingerprint density at radius 1 is 1.00 bits per heavy atom. The van der Waals surface area contributed by atoms with Gasteiger partial charge in [-0.3, -0.25) is 0 Å². The number of benzene rings is 2.